The Kier molecular flexibility index (Phi) is 13.9. The van der Waals surface area contributed by atoms with Gasteiger partial charge in [-0.25, -0.2) is 9.59 Å². The van der Waals surface area contributed by atoms with Crippen LogP contribution in [0.5, 0.6) is 0 Å². The SMILES string of the molecule is CC(C)(C)c1cc(C[C@]2(C)C[C@H](c3cc(=O)[nH]o3)CCN2C(=O)O)cc(C(C)(C)C)c1.COC(=O)N1CC[C@@H](c2cc(=O)[nH]o2)C[C@H]1Cc1cc(C(C)(C)C)cc(C(C)(C)C)c1. The quantitative estimate of drug-likeness (QED) is 0.173. The highest BCUT2D eigenvalue weighted by Gasteiger charge is 2.43. The number of aromatic nitrogens is 2. The molecule has 4 aromatic rings. The maximum atomic E-state index is 12.5. The Labute approximate surface area is 367 Å². The van der Waals surface area contributed by atoms with Crippen molar-refractivity contribution < 1.29 is 28.5 Å². The van der Waals surface area contributed by atoms with Crippen LogP contribution in [0.3, 0.4) is 0 Å². The minimum absolute atomic E-state index is 0.00688. The predicted octanol–water partition coefficient (Wildman–Crippen LogP) is 10.5. The van der Waals surface area contributed by atoms with E-state index < -0.39 is 11.6 Å². The molecule has 4 atom stereocenters. The maximum Gasteiger partial charge on any atom is 0.409 e. The van der Waals surface area contributed by atoms with Gasteiger partial charge in [0.05, 0.1) is 7.11 Å². The number of benzene rings is 2. The summed E-state index contributed by atoms with van der Waals surface area (Å²) in [5.41, 5.74) is 6.41. The second-order valence-electron chi connectivity index (χ2n) is 22.1. The van der Waals surface area contributed by atoms with Gasteiger partial charge in [-0.2, -0.15) is 10.3 Å². The van der Waals surface area contributed by atoms with Crippen LogP contribution in [0.1, 0.15) is 172 Å². The molecule has 0 spiro atoms. The average molecular weight is 857 g/mol. The first-order valence-corrected chi connectivity index (χ1v) is 22.1. The lowest BCUT2D eigenvalue weighted by Crippen LogP contribution is -2.55. The monoisotopic (exact) mass is 857 g/mol. The van der Waals surface area contributed by atoms with Gasteiger partial charge in [0.25, 0.3) is 11.1 Å². The fourth-order valence-electron chi connectivity index (χ4n) is 8.94. The van der Waals surface area contributed by atoms with Crippen LogP contribution in [0.15, 0.2) is 67.2 Å². The van der Waals surface area contributed by atoms with Crippen molar-refractivity contribution in [3.63, 3.8) is 0 Å². The van der Waals surface area contributed by atoms with Gasteiger partial charge in [-0.1, -0.05) is 119 Å². The van der Waals surface area contributed by atoms with Gasteiger partial charge >= 0.3 is 12.2 Å². The molecule has 340 valence electrons. The third-order valence-electron chi connectivity index (χ3n) is 12.8. The van der Waals surface area contributed by atoms with Crippen LogP contribution in [0, 0.1) is 0 Å². The molecular formula is C50H72N4O8. The van der Waals surface area contributed by atoms with Crippen LogP contribution in [0.2, 0.25) is 0 Å². The fraction of sp³-hybridized carbons (Fsp3) is 0.600. The first-order chi connectivity index (χ1) is 28.6. The van der Waals surface area contributed by atoms with Gasteiger partial charge in [0.2, 0.25) is 0 Å². The highest BCUT2D eigenvalue weighted by Crippen LogP contribution is 2.41. The number of aromatic amines is 2. The van der Waals surface area contributed by atoms with E-state index in [-0.39, 0.29) is 56.7 Å². The number of hydrogen-bond donors (Lipinski definition) is 3. The Morgan fingerprint density at radius 1 is 0.694 bits per heavy atom. The normalized spacial score (nSPS) is 21.3. The number of nitrogens with zero attached hydrogens (tertiary/aromatic N) is 2. The van der Waals surface area contributed by atoms with E-state index in [4.69, 9.17) is 13.8 Å². The Bertz CT molecular complexity index is 2240. The molecule has 2 aromatic carbocycles. The summed E-state index contributed by atoms with van der Waals surface area (Å²) in [5.74, 6) is 1.38. The van der Waals surface area contributed by atoms with Crippen LogP contribution in [-0.4, -0.2) is 69.2 Å². The van der Waals surface area contributed by atoms with Crippen LogP contribution in [0.4, 0.5) is 9.59 Å². The Hall–Kier alpha value is -5.00. The highest BCUT2D eigenvalue weighted by molar-refractivity contribution is 5.68. The number of carbonyl (C=O) groups is 2. The summed E-state index contributed by atoms with van der Waals surface area (Å²) in [5, 5.41) is 14.7. The number of methoxy groups -OCH3 is 1. The molecule has 12 nitrogen and oxygen atoms in total. The third kappa shape index (κ3) is 11.7. The lowest BCUT2D eigenvalue weighted by atomic mass is 9.74. The molecule has 0 radical (unpaired) electrons. The van der Waals surface area contributed by atoms with E-state index in [1.807, 2.05) is 11.8 Å². The minimum atomic E-state index is -0.903. The van der Waals surface area contributed by atoms with Crippen molar-refractivity contribution in [2.45, 2.75) is 174 Å². The van der Waals surface area contributed by atoms with Crippen LogP contribution < -0.4 is 11.1 Å². The standard InChI is InChI=1S/2C25H36N2O4/c1-23(2,3)18-10-16(11-19(12-18)24(4,5)6)14-25(7)15-17(8-9-27(25)22(29)30)20-13-21(28)26-31-20;1-24(2,3)18-10-16(11-19(14-18)25(4,5)6)12-20-13-17(21-15-22(28)26-31-21)8-9-27(20)23(29)30-7/h10-13,17H,8-9,14-15H2,1-7H3,(H,26,28)(H,29,30);10-11,14-15,17,20H,8-9,12-13H2,1-7H3,(H,26,28)/t17-,25-;17-,20-/m11/s1. The first-order valence-electron chi connectivity index (χ1n) is 22.1. The Morgan fingerprint density at radius 2 is 1.13 bits per heavy atom. The number of ether oxygens (including phenoxy) is 1. The van der Waals surface area contributed by atoms with Crippen LogP contribution in [-0.2, 0) is 39.2 Å². The van der Waals surface area contributed by atoms with Crippen molar-refractivity contribution in [3.8, 4) is 0 Å². The molecule has 3 N–H and O–H groups in total. The zero-order valence-electron chi connectivity index (χ0n) is 39.7. The molecule has 0 unspecified atom stereocenters. The van der Waals surface area contributed by atoms with E-state index in [1.165, 1.54) is 47.1 Å². The second kappa shape index (κ2) is 18.0. The van der Waals surface area contributed by atoms with Gasteiger partial charge in [0, 0.05) is 48.6 Å². The molecular weight excluding hydrogens is 785 g/mol. The molecule has 0 bridgehead atoms. The van der Waals surface area contributed by atoms with Crippen LogP contribution >= 0.6 is 0 Å². The largest absolute Gasteiger partial charge is 0.465 e. The van der Waals surface area contributed by atoms with E-state index in [9.17, 15) is 24.3 Å². The van der Waals surface area contributed by atoms with Crippen molar-refractivity contribution in [2.75, 3.05) is 20.2 Å². The molecule has 6 rings (SSSR count). The van der Waals surface area contributed by atoms with Crippen molar-refractivity contribution in [1.82, 2.24) is 20.1 Å². The zero-order chi connectivity index (χ0) is 46.2. The molecule has 2 fully saturated rings. The van der Waals surface area contributed by atoms with E-state index in [0.29, 0.717) is 43.9 Å². The number of H-pyrrole nitrogens is 2. The van der Waals surface area contributed by atoms with Gasteiger partial charge in [-0.3, -0.25) is 9.59 Å². The topological polar surface area (TPSA) is 162 Å². The Balaban J connectivity index is 0.000000234. The smallest absolute Gasteiger partial charge is 0.409 e. The molecule has 2 amide bonds. The average Bonchev–Trinajstić information content (AvgIpc) is 3.80. The van der Waals surface area contributed by atoms with E-state index in [0.717, 1.165) is 24.8 Å². The van der Waals surface area contributed by atoms with Crippen LogP contribution in [0.25, 0.3) is 0 Å². The third-order valence-corrected chi connectivity index (χ3v) is 12.8. The summed E-state index contributed by atoms with van der Waals surface area (Å²) in [6.07, 6.45) is 2.83. The van der Waals surface area contributed by atoms with Gasteiger partial charge < -0.3 is 28.7 Å². The predicted molar refractivity (Wildman–Crippen MR) is 244 cm³/mol. The Morgan fingerprint density at radius 3 is 1.53 bits per heavy atom. The molecule has 0 aliphatic carbocycles. The van der Waals surface area contributed by atoms with E-state index >= 15 is 0 Å². The van der Waals surface area contributed by atoms with Gasteiger partial charge in [0.1, 0.15) is 11.5 Å². The second-order valence-corrected chi connectivity index (χ2v) is 22.1. The maximum absolute atomic E-state index is 12.5. The van der Waals surface area contributed by atoms with Crippen molar-refractivity contribution in [3.05, 3.63) is 114 Å². The number of hydrogen-bond acceptors (Lipinski definition) is 7. The zero-order valence-corrected chi connectivity index (χ0v) is 39.7. The lowest BCUT2D eigenvalue weighted by molar-refractivity contribution is 0.0461. The summed E-state index contributed by atoms with van der Waals surface area (Å²) < 4.78 is 15.8. The molecule has 12 heteroatoms. The summed E-state index contributed by atoms with van der Waals surface area (Å²) in [6.45, 7) is 29.6. The molecule has 2 aromatic heterocycles. The molecule has 2 saturated heterocycles. The number of carbonyl (C=O) groups excluding carboxylic acids is 1. The van der Waals surface area contributed by atoms with Gasteiger partial charge in [-0.05, 0) is 100 Å². The lowest BCUT2D eigenvalue weighted by Gasteiger charge is -2.46. The first kappa shape index (κ1) is 48.0. The highest BCUT2D eigenvalue weighted by atomic mass is 16.5. The fourth-order valence-corrected chi connectivity index (χ4v) is 8.94. The van der Waals surface area contributed by atoms with Crippen molar-refractivity contribution in [2.24, 2.45) is 0 Å². The van der Waals surface area contributed by atoms with Gasteiger partial charge in [0.15, 0.2) is 0 Å². The van der Waals surface area contributed by atoms with Crippen molar-refractivity contribution >= 4 is 12.2 Å². The van der Waals surface area contributed by atoms with E-state index in [1.54, 1.807) is 4.90 Å². The number of likely N-dealkylation sites (tertiary alicyclic amines) is 2. The molecule has 0 saturated carbocycles. The minimum Gasteiger partial charge on any atom is -0.465 e. The molecule has 62 heavy (non-hydrogen) atoms. The van der Waals surface area contributed by atoms with E-state index in [2.05, 4.69) is 130 Å². The number of piperidine rings is 2. The summed E-state index contributed by atoms with van der Waals surface area (Å²) in [7, 11) is 1.43. The molecule has 2 aliphatic heterocycles. The molecule has 2 aliphatic rings. The van der Waals surface area contributed by atoms with Crippen molar-refractivity contribution in [1.29, 1.82) is 0 Å². The number of nitrogens with one attached hydrogen (secondary N) is 2. The number of rotatable bonds is 6. The van der Waals surface area contributed by atoms with Gasteiger partial charge in [-0.15, -0.1) is 0 Å². The number of amides is 2. The number of carboxylic acid groups (broad SMARTS) is 1. The summed E-state index contributed by atoms with van der Waals surface area (Å²) >= 11 is 0. The summed E-state index contributed by atoms with van der Waals surface area (Å²) in [4.78, 5) is 51.1. The molecule has 4 heterocycles. The summed E-state index contributed by atoms with van der Waals surface area (Å²) in [6, 6.07) is 16.5.